The minimum atomic E-state index is -1.47. The van der Waals surface area contributed by atoms with Gasteiger partial charge in [0.1, 0.15) is 6.10 Å². The first kappa shape index (κ1) is 12.8. The van der Waals surface area contributed by atoms with Crippen LogP contribution < -0.4 is 5.73 Å². The molecule has 2 saturated heterocycles. The van der Waals surface area contributed by atoms with Gasteiger partial charge in [0.05, 0.1) is 13.2 Å². The molecule has 2 aliphatic heterocycles. The van der Waals surface area contributed by atoms with Crippen molar-refractivity contribution in [3.8, 4) is 0 Å². The van der Waals surface area contributed by atoms with Crippen LogP contribution in [0.3, 0.4) is 0 Å². The Kier molecular flexibility index (Phi) is 2.94. The van der Waals surface area contributed by atoms with Crippen LogP contribution in [0.1, 0.15) is 20.8 Å². The average Bonchev–Trinajstić information content (AvgIpc) is 2.68. The van der Waals surface area contributed by atoms with E-state index in [0.717, 1.165) is 0 Å². The maximum atomic E-state index is 11.9. The smallest absolute Gasteiger partial charge is 0.369 e. The molecule has 2 N–H and O–H groups in total. The van der Waals surface area contributed by atoms with E-state index < -0.39 is 23.6 Å². The maximum Gasteiger partial charge on any atom is 0.369 e. The number of methoxy groups -OCH3 is 1. The van der Waals surface area contributed by atoms with Gasteiger partial charge in [0.25, 0.3) is 5.79 Å². The zero-order valence-corrected chi connectivity index (χ0v) is 10.6. The number of carbonyl (C=O) groups is 1. The number of hydrogen-bond acceptors (Lipinski definition) is 6. The largest absolute Gasteiger partial charge is 0.465 e. The summed E-state index contributed by atoms with van der Waals surface area (Å²) < 4.78 is 21.8. The van der Waals surface area contributed by atoms with E-state index in [1.54, 1.807) is 13.8 Å². The fourth-order valence-electron chi connectivity index (χ4n) is 2.51. The Balaban J connectivity index is 2.34. The second-order valence-electron chi connectivity index (χ2n) is 4.95. The minimum Gasteiger partial charge on any atom is -0.465 e. The van der Waals surface area contributed by atoms with E-state index in [-0.39, 0.29) is 12.0 Å². The summed E-state index contributed by atoms with van der Waals surface area (Å²) >= 11 is 0. The van der Waals surface area contributed by atoms with Gasteiger partial charge in [-0.25, -0.2) is 4.79 Å². The van der Waals surface area contributed by atoms with Gasteiger partial charge in [-0.05, 0) is 13.8 Å². The van der Waals surface area contributed by atoms with Crippen molar-refractivity contribution in [2.45, 2.75) is 44.6 Å². The lowest BCUT2D eigenvalue weighted by atomic mass is 9.96. The molecule has 0 aliphatic carbocycles. The van der Waals surface area contributed by atoms with Crippen LogP contribution in [-0.4, -0.2) is 43.4 Å². The predicted molar refractivity (Wildman–Crippen MR) is 57.9 cm³/mol. The number of esters is 1. The van der Waals surface area contributed by atoms with Gasteiger partial charge in [-0.2, -0.15) is 0 Å². The van der Waals surface area contributed by atoms with Gasteiger partial charge >= 0.3 is 5.97 Å². The summed E-state index contributed by atoms with van der Waals surface area (Å²) in [6.45, 7) is 5.72. The van der Waals surface area contributed by atoms with E-state index in [2.05, 4.69) is 0 Å². The van der Waals surface area contributed by atoms with Crippen LogP contribution in [0.5, 0.6) is 0 Å². The Morgan fingerprint density at radius 1 is 1.41 bits per heavy atom. The molecule has 6 nitrogen and oxygen atoms in total. The van der Waals surface area contributed by atoms with Crippen molar-refractivity contribution in [1.29, 1.82) is 0 Å². The van der Waals surface area contributed by atoms with Crippen LogP contribution in [0.25, 0.3) is 0 Å². The normalized spacial score (nSPS) is 43.5. The number of carbonyl (C=O) groups excluding carboxylic acids is 1. The van der Waals surface area contributed by atoms with Gasteiger partial charge in [-0.3, -0.25) is 0 Å². The standard InChI is InChI=1S/C11H19NO5/c1-6-7(5-12)15-11(9(13)14-4)8(6)16-10(2,3)17-11/h6-8H,5,12H2,1-4H3/t6-,7+,8+,11-/m1/s1. The predicted octanol–water partition coefficient (Wildman–Crippen LogP) is 0.000800. The third-order valence-electron chi connectivity index (χ3n) is 3.28. The van der Waals surface area contributed by atoms with Crippen LogP contribution in [0.2, 0.25) is 0 Å². The lowest BCUT2D eigenvalue weighted by Gasteiger charge is -2.26. The molecule has 17 heavy (non-hydrogen) atoms. The van der Waals surface area contributed by atoms with Gasteiger partial charge < -0.3 is 24.7 Å². The molecular formula is C11H19NO5. The fourth-order valence-corrected chi connectivity index (χ4v) is 2.51. The van der Waals surface area contributed by atoms with Crippen molar-refractivity contribution in [2.75, 3.05) is 13.7 Å². The molecular weight excluding hydrogens is 226 g/mol. The number of rotatable bonds is 2. The van der Waals surface area contributed by atoms with Gasteiger partial charge in [0, 0.05) is 12.5 Å². The zero-order valence-electron chi connectivity index (χ0n) is 10.6. The summed E-state index contributed by atoms with van der Waals surface area (Å²) in [5, 5.41) is 0. The summed E-state index contributed by atoms with van der Waals surface area (Å²) in [5.74, 6) is -2.94. The van der Waals surface area contributed by atoms with Gasteiger partial charge in [0.15, 0.2) is 5.79 Å². The first-order chi connectivity index (χ1) is 7.86. The minimum absolute atomic E-state index is 0.0270. The highest BCUT2D eigenvalue weighted by Crippen LogP contribution is 2.48. The van der Waals surface area contributed by atoms with Crippen LogP contribution in [0.15, 0.2) is 0 Å². The molecule has 0 aromatic heterocycles. The molecule has 0 bridgehead atoms. The van der Waals surface area contributed by atoms with Crippen molar-refractivity contribution in [1.82, 2.24) is 0 Å². The van der Waals surface area contributed by atoms with Crippen LogP contribution in [0, 0.1) is 5.92 Å². The summed E-state index contributed by atoms with van der Waals surface area (Å²) in [5.41, 5.74) is 5.61. The van der Waals surface area contributed by atoms with E-state index in [0.29, 0.717) is 6.54 Å². The van der Waals surface area contributed by atoms with Crippen LogP contribution in [0.4, 0.5) is 0 Å². The molecule has 0 spiro atoms. The molecule has 6 heteroatoms. The van der Waals surface area contributed by atoms with Crippen LogP contribution in [-0.2, 0) is 23.7 Å². The highest BCUT2D eigenvalue weighted by molar-refractivity contribution is 5.79. The highest BCUT2D eigenvalue weighted by Gasteiger charge is 2.68. The molecule has 2 aliphatic rings. The second kappa shape index (κ2) is 3.91. The highest BCUT2D eigenvalue weighted by atomic mass is 16.9. The molecule has 2 fully saturated rings. The monoisotopic (exact) mass is 245 g/mol. The maximum absolute atomic E-state index is 11.9. The number of ether oxygens (including phenoxy) is 4. The van der Waals surface area contributed by atoms with Crippen molar-refractivity contribution in [3.05, 3.63) is 0 Å². The van der Waals surface area contributed by atoms with Crippen molar-refractivity contribution >= 4 is 5.97 Å². The zero-order chi connectivity index (χ0) is 12.8. The third-order valence-corrected chi connectivity index (χ3v) is 3.28. The summed E-state index contributed by atoms with van der Waals surface area (Å²) in [7, 11) is 1.30. The van der Waals surface area contributed by atoms with Gasteiger partial charge in [-0.15, -0.1) is 0 Å². The number of nitrogens with two attached hydrogens (primary N) is 1. The molecule has 98 valence electrons. The lowest BCUT2D eigenvalue weighted by Crippen LogP contribution is -2.48. The average molecular weight is 245 g/mol. The molecule has 2 heterocycles. The van der Waals surface area contributed by atoms with E-state index in [4.69, 9.17) is 24.7 Å². The van der Waals surface area contributed by atoms with Crippen molar-refractivity contribution in [2.24, 2.45) is 11.7 Å². The molecule has 0 aromatic carbocycles. The Bertz CT molecular complexity index is 332. The van der Waals surface area contributed by atoms with E-state index in [1.165, 1.54) is 7.11 Å². The van der Waals surface area contributed by atoms with Gasteiger partial charge in [0.2, 0.25) is 0 Å². The Morgan fingerprint density at radius 2 is 2.06 bits per heavy atom. The Labute approximate surface area is 100 Å². The van der Waals surface area contributed by atoms with Crippen molar-refractivity contribution < 1.29 is 23.7 Å². The first-order valence-corrected chi connectivity index (χ1v) is 5.70. The molecule has 0 amide bonds. The molecule has 0 radical (unpaired) electrons. The topological polar surface area (TPSA) is 80.0 Å². The molecule has 0 aromatic rings. The van der Waals surface area contributed by atoms with Crippen molar-refractivity contribution in [3.63, 3.8) is 0 Å². The summed E-state index contributed by atoms with van der Waals surface area (Å²) in [4.78, 5) is 11.9. The summed E-state index contributed by atoms with van der Waals surface area (Å²) in [6.07, 6.45) is -0.756. The first-order valence-electron chi connectivity index (χ1n) is 5.70. The second-order valence-corrected chi connectivity index (χ2v) is 4.95. The lowest BCUT2D eigenvalue weighted by molar-refractivity contribution is -0.262. The van der Waals surface area contributed by atoms with Crippen LogP contribution >= 0.6 is 0 Å². The fraction of sp³-hybridized carbons (Fsp3) is 0.909. The SMILES string of the molecule is COC(=O)[C@@]12O[C@@H](CN)[C@@H](C)[C@@H]1OC(C)(C)O2. The molecule has 4 atom stereocenters. The molecule has 0 saturated carbocycles. The van der Waals surface area contributed by atoms with E-state index in [1.807, 2.05) is 6.92 Å². The number of hydrogen-bond donors (Lipinski definition) is 1. The van der Waals surface area contributed by atoms with E-state index in [9.17, 15) is 4.79 Å². The molecule has 2 rings (SSSR count). The Hall–Kier alpha value is -0.690. The number of fused-ring (bicyclic) bond motifs is 1. The summed E-state index contributed by atoms with van der Waals surface area (Å²) in [6, 6.07) is 0. The quantitative estimate of drug-likeness (QED) is 0.690. The Morgan fingerprint density at radius 3 is 2.59 bits per heavy atom. The third kappa shape index (κ3) is 1.76. The van der Waals surface area contributed by atoms with E-state index >= 15 is 0 Å². The van der Waals surface area contributed by atoms with Gasteiger partial charge in [-0.1, -0.05) is 6.92 Å². The molecule has 0 unspecified atom stereocenters.